The molecule has 1 aliphatic rings. The lowest BCUT2D eigenvalue weighted by Gasteiger charge is -2.41. The summed E-state index contributed by atoms with van der Waals surface area (Å²) in [6, 6.07) is 21.5. The molecule has 0 unspecified atom stereocenters. The predicted octanol–water partition coefficient (Wildman–Crippen LogP) is 5.18. The maximum absolute atomic E-state index is 12.1. The van der Waals surface area contributed by atoms with Crippen LogP contribution < -0.4 is 5.32 Å². The highest BCUT2D eigenvalue weighted by molar-refractivity contribution is 7.99. The molecule has 5 rings (SSSR count). The molecule has 0 spiro atoms. The topological polar surface area (TPSA) is 141 Å². The van der Waals surface area contributed by atoms with Gasteiger partial charge in [-0.05, 0) is 58.0 Å². The Balaban J connectivity index is 1.38. The van der Waals surface area contributed by atoms with E-state index in [2.05, 4.69) is 34.3 Å². The number of aliphatic hydroxyl groups excluding tert-OH is 1. The van der Waals surface area contributed by atoms with Crippen LogP contribution in [0.5, 0.6) is 5.75 Å². The maximum Gasteiger partial charge on any atom is 0.411 e. The van der Waals surface area contributed by atoms with Gasteiger partial charge >= 0.3 is 6.09 Å². The molecule has 2 heterocycles. The Bertz CT molecular complexity index is 1500. The minimum Gasteiger partial charge on any atom is -0.508 e. The van der Waals surface area contributed by atoms with Crippen molar-refractivity contribution in [2.45, 2.75) is 37.2 Å². The Morgan fingerprint density at radius 3 is 2.64 bits per heavy atom. The summed E-state index contributed by atoms with van der Waals surface area (Å²) in [6.45, 7) is 5.68. The summed E-state index contributed by atoms with van der Waals surface area (Å²) < 4.78 is 19.7. The third-order valence-corrected chi connectivity index (χ3v) is 7.78. The van der Waals surface area contributed by atoms with Gasteiger partial charge in [0.2, 0.25) is 5.16 Å². The van der Waals surface area contributed by atoms with E-state index in [9.17, 15) is 15.0 Å². The summed E-state index contributed by atoms with van der Waals surface area (Å²) in [6.07, 6.45) is -0.406. The number of carbonyl (C=O) groups excluding carboxylic acids is 1. The van der Waals surface area contributed by atoms with Crippen molar-refractivity contribution in [2.24, 2.45) is 5.92 Å². The molecule has 0 saturated carbocycles. The van der Waals surface area contributed by atoms with E-state index in [1.54, 1.807) is 41.1 Å². The van der Waals surface area contributed by atoms with Gasteiger partial charge in [0.25, 0.3) is 0 Å². The number of hydrogen-bond donors (Lipinski definition) is 3. The molecule has 0 bridgehead atoms. The molecular formula is C30H31N5O6S. The van der Waals surface area contributed by atoms with Gasteiger partial charge < -0.3 is 24.4 Å². The second-order valence-corrected chi connectivity index (χ2v) is 10.6. The van der Waals surface area contributed by atoms with Gasteiger partial charge in [-0.25, -0.2) is 4.79 Å². The lowest BCUT2D eigenvalue weighted by molar-refractivity contribution is -0.268. The summed E-state index contributed by atoms with van der Waals surface area (Å²) >= 11 is 1.45. The number of aliphatic hydroxyl groups is 1. The van der Waals surface area contributed by atoms with Gasteiger partial charge in [0.05, 0.1) is 24.5 Å². The van der Waals surface area contributed by atoms with Crippen molar-refractivity contribution in [3.05, 3.63) is 102 Å². The molecule has 3 N–H and O–H groups in total. The van der Waals surface area contributed by atoms with E-state index in [0.717, 1.165) is 22.4 Å². The molecule has 1 aromatic heterocycles. The minimum atomic E-state index is -0.728. The number of nitrogens with one attached hydrogen (secondary N) is 1. The second kappa shape index (κ2) is 13.6. The Labute approximate surface area is 247 Å². The highest BCUT2D eigenvalue weighted by Crippen LogP contribution is 2.43. The Morgan fingerprint density at radius 1 is 1.12 bits per heavy atom. The summed E-state index contributed by atoms with van der Waals surface area (Å²) in [5.74, 6) is 0.626. The second-order valence-electron chi connectivity index (χ2n) is 9.66. The Hall–Kier alpha value is -4.23. The Kier molecular flexibility index (Phi) is 9.49. The molecule has 42 heavy (non-hydrogen) atoms. The number of thioether (sulfide) groups is 1. The molecule has 1 aliphatic heterocycles. The molecule has 1 fully saturated rings. The van der Waals surface area contributed by atoms with Crippen molar-refractivity contribution in [3.63, 3.8) is 0 Å². The highest BCUT2D eigenvalue weighted by atomic mass is 32.2. The number of ether oxygens (including phenoxy) is 3. The first-order valence-corrected chi connectivity index (χ1v) is 14.3. The molecule has 0 aliphatic carbocycles. The number of benzene rings is 3. The largest absolute Gasteiger partial charge is 0.508 e. The van der Waals surface area contributed by atoms with Crippen LogP contribution in [0.25, 0.3) is 5.69 Å². The van der Waals surface area contributed by atoms with Crippen molar-refractivity contribution in [2.75, 3.05) is 17.7 Å². The van der Waals surface area contributed by atoms with Gasteiger partial charge in [-0.1, -0.05) is 67.7 Å². The number of phenols is 1. The van der Waals surface area contributed by atoms with E-state index in [1.165, 1.54) is 17.8 Å². The van der Waals surface area contributed by atoms with E-state index in [0.29, 0.717) is 16.6 Å². The quantitative estimate of drug-likeness (QED) is 0.167. The smallest absolute Gasteiger partial charge is 0.411 e. The average molecular weight is 590 g/mol. The first kappa shape index (κ1) is 29.3. The average Bonchev–Trinajstić information content (AvgIpc) is 3.49. The van der Waals surface area contributed by atoms with Crippen LogP contribution in [0.3, 0.4) is 0 Å². The number of hydrogen-bond acceptors (Lipinski definition) is 10. The SMILES string of the molecule is C=CCOC(=O)Nc1cccc([C@@H]2O[C@H](CSc3nnnn3-c3ccc(O)cc3)[C@H](C)[C@H](c3ccc(CO)cc3)O2)c1. The van der Waals surface area contributed by atoms with Crippen LogP contribution in [-0.2, 0) is 20.8 Å². The third kappa shape index (κ3) is 6.97. The fraction of sp³-hybridized carbons (Fsp3) is 0.267. The number of carbonyl (C=O) groups is 1. The van der Waals surface area contributed by atoms with E-state index >= 15 is 0 Å². The molecule has 1 amide bonds. The zero-order valence-corrected chi connectivity index (χ0v) is 23.7. The fourth-order valence-electron chi connectivity index (χ4n) is 4.54. The zero-order chi connectivity index (χ0) is 29.5. The number of aromatic nitrogens is 4. The number of tetrazole rings is 1. The summed E-state index contributed by atoms with van der Waals surface area (Å²) in [5.41, 5.74) is 3.75. The van der Waals surface area contributed by atoms with Gasteiger partial charge in [0.15, 0.2) is 6.29 Å². The Morgan fingerprint density at radius 2 is 1.90 bits per heavy atom. The van der Waals surface area contributed by atoms with Gasteiger partial charge in [0.1, 0.15) is 12.4 Å². The molecular weight excluding hydrogens is 558 g/mol. The standard InChI is InChI=1S/C30H31N5O6S/c1-3-15-39-30(38)31-23-6-4-5-22(16-23)28-40-26(19(2)27(41-28)21-9-7-20(17-36)8-10-21)18-42-29-32-33-34-35(29)24-11-13-25(37)14-12-24/h3-14,16,19,26-28,36-37H,1,15,17-18H2,2H3,(H,31,38)/t19-,26+,27+,28+/m0/s1. The first-order chi connectivity index (χ1) is 20.4. The summed E-state index contributed by atoms with van der Waals surface area (Å²) in [5, 5.41) is 34.6. The molecule has 1 saturated heterocycles. The van der Waals surface area contributed by atoms with Crippen molar-refractivity contribution in [1.29, 1.82) is 0 Å². The molecule has 12 heteroatoms. The third-order valence-electron chi connectivity index (χ3n) is 6.77. The summed E-state index contributed by atoms with van der Waals surface area (Å²) in [4.78, 5) is 12.1. The number of phenolic OH excluding ortho intramolecular Hbond substituents is 1. The van der Waals surface area contributed by atoms with Crippen LogP contribution in [0.1, 0.15) is 36.0 Å². The van der Waals surface area contributed by atoms with Crippen molar-refractivity contribution < 1.29 is 29.2 Å². The lowest BCUT2D eigenvalue weighted by atomic mass is 9.91. The molecule has 0 radical (unpaired) electrons. The van der Waals surface area contributed by atoms with Gasteiger partial charge in [-0.15, -0.1) is 5.10 Å². The zero-order valence-electron chi connectivity index (χ0n) is 22.9. The first-order valence-electron chi connectivity index (χ1n) is 13.3. The van der Waals surface area contributed by atoms with Crippen molar-refractivity contribution in [1.82, 2.24) is 20.2 Å². The van der Waals surface area contributed by atoms with Crippen molar-refractivity contribution in [3.8, 4) is 11.4 Å². The minimum absolute atomic E-state index is 0.0445. The van der Waals surface area contributed by atoms with Crippen molar-refractivity contribution >= 4 is 23.5 Å². The molecule has 11 nitrogen and oxygen atoms in total. The predicted molar refractivity (Wildman–Crippen MR) is 156 cm³/mol. The monoisotopic (exact) mass is 589 g/mol. The number of aromatic hydroxyl groups is 1. The van der Waals surface area contributed by atoms with Gasteiger partial charge in [-0.3, -0.25) is 5.32 Å². The van der Waals surface area contributed by atoms with Crippen LogP contribution in [0.15, 0.2) is 90.6 Å². The fourth-order valence-corrected chi connectivity index (χ4v) is 5.60. The number of rotatable bonds is 10. The highest BCUT2D eigenvalue weighted by Gasteiger charge is 2.38. The number of nitrogens with zero attached hydrogens (tertiary/aromatic N) is 4. The number of anilines is 1. The summed E-state index contributed by atoms with van der Waals surface area (Å²) in [7, 11) is 0. The van der Waals surface area contributed by atoms with Crippen LogP contribution in [0.4, 0.5) is 10.5 Å². The van der Waals surface area contributed by atoms with Gasteiger partial charge in [-0.2, -0.15) is 4.68 Å². The van der Waals surface area contributed by atoms with Crippen LogP contribution >= 0.6 is 11.8 Å². The van der Waals surface area contributed by atoms with Gasteiger partial charge in [0, 0.05) is 22.9 Å². The maximum atomic E-state index is 12.1. The lowest BCUT2D eigenvalue weighted by Crippen LogP contribution is -2.38. The normalized spacial score (nSPS) is 20.1. The van der Waals surface area contributed by atoms with E-state index < -0.39 is 12.4 Å². The molecule has 218 valence electrons. The number of amides is 1. The van der Waals surface area contributed by atoms with E-state index in [1.807, 2.05) is 36.4 Å². The van der Waals surface area contributed by atoms with E-state index in [-0.39, 0.29) is 37.1 Å². The molecule has 4 aromatic rings. The van der Waals surface area contributed by atoms with E-state index in [4.69, 9.17) is 14.2 Å². The molecule has 4 atom stereocenters. The van der Waals surface area contributed by atoms with Crippen LogP contribution in [0, 0.1) is 5.92 Å². The molecule has 3 aromatic carbocycles. The van der Waals surface area contributed by atoms with Crippen LogP contribution in [-0.4, -0.2) is 55.0 Å². The van der Waals surface area contributed by atoms with Crippen LogP contribution in [0.2, 0.25) is 0 Å².